The van der Waals surface area contributed by atoms with E-state index in [1.54, 1.807) is 0 Å². The van der Waals surface area contributed by atoms with Gasteiger partial charge in [0.05, 0.1) is 17.7 Å². The molecule has 1 atom stereocenters. The minimum Gasteiger partial charge on any atom is -0.349 e. The second-order valence-electron chi connectivity index (χ2n) is 5.45. The van der Waals surface area contributed by atoms with Crippen LogP contribution in [0.2, 0.25) is 5.02 Å². The summed E-state index contributed by atoms with van der Waals surface area (Å²) in [6.45, 7) is 1.90. The Labute approximate surface area is 139 Å². The number of hydrogen-bond donors (Lipinski definition) is 2. The number of nitrogens with zero attached hydrogens (tertiary/aromatic N) is 3. The quantitative estimate of drug-likeness (QED) is 0.869. The van der Waals surface area contributed by atoms with Crippen LogP contribution in [0.15, 0.2) is 24.4 Å². The van der Waals surface area contributed by atoms with Gasteiger partial charge in [0.25, 0.3) is 0 Å². The van der Waals surface area contributed by atoms with Crippen molar-refractivity contribution in [2.24, 2.45) is 0 Å². The molecule has 1 unspecified atom stereocenters. The zero-order valence-electron chi connectivity index (χ0n) is 12.5. The van der Waals surface area contributed by atoms with Gasteiger partial charge in [-0.1, -0.05) is 17.7 Å². The lowest BCUT2D eigenvalue weighted by Crippen LogP contribution is -2.22. The zero-order chi connectivity index (χ0) is 16.4. The number of anilines is 3. The summed E-state index contributed by atoms with van der Waals surface area (Å²) in [6, 6.07) is 5.37. The molecule has 0 spiro atoms. The van der Waals surface area contributed by atoms with Crippen molar-refractivity contribution in [3.05, 3.63) is 35.0 Å². The summed E-state index contributed by atoms with van der Waals surface area (Å²) in [4.78, 5) is 4.32. The van der Waals surface area contributed by atoms with Crippen LogP contribution in [0.4, 0.5) is 17.5 Å². The first kappa shape index (κ1) is 15.9. The van der Waals surface area contributed by atoms with Crippen molar-refractivity contribution in [3.63, 3.8) is 0 Å². The zero-order valence-corrected chi connectivity index (χ0v) is 14.0. The first-order valence-electron chi connectivity index (χ1n) is 7.12. The van der Waals surface area contributed by atoms with Crippen LogP contribution in [0.1, 0.15) is 12.0 Å². The molecule has 0 bridgehead atoms. The lowest BCUT2D eigenvalue weighted by molar-refractivity contribution is 0.602. The highest BCUT2D eigenvalue weighted by Crippen LogP contribution is 2.25. The third-order valence-corrected chi connectivity index (χ3v) is 5.83. The van der Waals surface area contributed by atoms with E-state index in [1.165, 1.54) is 6.20 Å². The Balaban J connectivity index is 1.74. The summed E-state index contributed by atoms with van der Waals surface area (Å²) in [7, 11) is -2.95. The van der Waals surface area contributed by atoms with Crippen molar-refractivity contribution < 1.29 is 8.42 Å². The van der Waals surface area contributed by atoms with Crippen LogP contribution in [-0.4, -0.2) is 41.1 Å². The SMILES string of the molecule is Cc1c(Cl)cccc1Nc1cnnc(NC2CCS(=O)(=O)C2)n1. The van der Waals surface area contributed by atoms with Gasteiger partial charge in [-0.05, 0) is 31.0 Å². The Bertz CT molecular complexity index is 828. The summed E-state index contributed by atoms with van der Waals surface area (Å²) in [5.74, 6) is 1.10. The van der Waals surface area contributed by atoms with E-state index in [2.05, 4.69) is 25.8 Å². The van der Waals surface area contributed by atoms with Crippen LogP contribution in [0.5, 0.6) is 0 Å². The van der Waals surface area contributed by atoms with Crippen molar-refractivity contribution in [1.82, 2.24) is 15.2 Å². The van der Waals surface area contributed by atoms with Gasteiger partial charge in [0, 0.05) is 16.8 Å². The Morgan fingerprint density at radius 3 is 2.91 bits per heavy atom. The largest absolute Gasteiger partial charge is 0.349 e. The minimum absolute atomic E-state index is 0.0986. The van der Waals surface area contributed by atoms with E-state index < -0.39 is 9.84 Å². The molecule has 2 heterocycles. The van der Waals surface area contributed by atoms with Crippen molar-refractivity contribution >= 4 is 38.9 Å². The van der Waals surface area contributed by atoms with Crippen LogP contribution in [0, 0.1) is 6.92 Å². The predicted octanol–water partition coefficient (Wildman–Crippen LogP) is 2.18. The lowest BCUT2D eigenvalue weighted by Gasteiger charge is -2.12. The summed E-state index contributed by atoms with van der Waals surface area (Å²) in [5.41, 5.74) is 1.73. The minimum atomic E-state index is -2.95. The number of rotatable bonds is 4. The Hall–Kier alpha value is -1.93. The maximum atomic E-state index is 11.5. The molecule has 23 heavy (non-hydrogen) atoms. The van der Waals surface area contributed by atoms with Crippen LogP contribution in [-0.2, 0) is 9.84 Å². The molecule has 1 aromatic carbocycles. The van der Waals surface area contributed by atoms with Gasteiger partial charge in [-0.3, -0.25) is 0 Å². The van der Waals surface area contributed by atoms with Gasteiger partial charge in [-0.2, -0.15) is 10.1 Å². The Kier molecular flexibility index (Phi) is 4.36. The molecule has 1 aromatic heterocycles. The summed E-state index contributed by atoms with van der Waals surface area (Å²) >= 11 is 6.09. The van der Waals surface area contributed by atoms with E-state index in [1.807, 2.05) is 25.1 Å². The number of aromatic nitrogens is 3. The molecule has 9 heteroatoms. The molecule has 122 valence electrons. The number of sulfone groups is 1. The monoisotopic (exact) mass is 353 g/mol. The van der Waals surface area contributed by atoms with Gasteiger partial charge in [0.2, 0.25) is 5.95 Å². The smallest absolute Gasteiger partial charge is 0.244 e. The summed E-state index contributed by atoms with van der Waals surface area (Å²) in [5, 5.41) is 14.6. The second kappa shape index (κ2) is 6.29. The molecule has 1 aliphatic heterocycles. The molecule has 1 saturated heterocycles. The van der Waals surface area contributed by atoms with Crippen molar-refractivity contribution in [2.75, 3.05) is 22.1 Å². The maximum absolute atomic E-state index is 11.5. The highest BCUT2D eigenvalue weighted by molar-refractivity contribution is 7.91. The van der Waals surface area contributed by atoms with E-state index in [9.17, 15) is 8.42 Å². The molecule has 0 radical (unpaired) electrons. The first-order chi connectivity index (χ1) is 10.9. The predicted molar refractivity (Wildman–Crippen MR) is 90.0 cm³/mol. The number of nitrogens with one attached hydrogen (secondary N) is 2. The van der Waals surface area contributed by atoms with Crippen LogP contribution in [0.3, 0.4) is 0 Å². The molecule has 0 saturated carbocycles. The normalized spacial score (nSPS) is 19.5. The second-order valence-corrected chi connectivity index (χ2v) is 8.08. The maximum Gasteiger partial charge on any atom is 0.244 e. The van der Waals surface area contributed by atoms with Crippen molar-refractivity contribution in [1.29, 1.82) is 0 Å². The fourth-order valence-electron chi connectivity index (χ4n) is 2.40. The first-order valence-corrected chi connectivity index (χ1v) is 9.32. The van der Waals surface area contributed by atoms with E-state index in [0.29, 0.717) is 23.2 Å². The van der Waals surface area contributed by atoms with Crippen molar-refractivity contribution in [2.45, 2.75) is 19.4 Å². The van der Waals surface area contributed by atoms with Crippen molar-refractivity contribution in [3.8, 4) is 0 Å². The molecule has 1 fully saturated rings. The molecule has 2 N–H and O–H groups in total. The number of hydrogen-bond acceptors (Lipinski definition) is 7. The Morgan fingerprint density at radius 2 is 2.17 bits per heavy atom. The highest BCUT2D eigenvalue weighted by Gasteiger charge is 2.28. The highest BCUT2D eigenvalue weighted by atomic mass is 35.5. The molecule has 7 nitrogen and oxygen atoms in total. The molecule has 1 aliphatic rings. The summed E-state index contributed by atoms with van der Waals surface area (Å²) in [6.07, 6.45) is 2.05. The van der Waals surface area contributed by atoms with E-state index in [0.717, 1.165) is 11.3 Å². The van der Waals surface area contributed by atoms with E-state index >= 15 is 0 Å². The third-order valence-electron chi connectivity index (χ3n) is 3.65. The molecule has 0 aliphatic carbocycles. The van der Waals surface area contributed by atoms with Gasteiger partial charge in [-0.25, -0.2) is 8.42 Å². The van der Waals surface area contributed by atoms with E-state index in [4.69, 9.17) is 11.6 Å². The van der Waals surface area contributed by atoms with Gasteiger partial charge in [0.15, 0.2) is 15.7 Å². The number of benzene rings is 1. The van der Waals surface area contributed by atoms with Gasteiger partial charge in [-0.15, -0.1) is 5.10 Å². The van der Waals surface area contributed by atoms with Gasteiger partial charge < -0.3 is 10.6 Å². The van der Waals surface area contributed by atoms with Gasteiger partial charge in [0.1, 0.15) is 0 Å². The Morgan fingerprint density at radius 1 is 1.35 bits per heavy atom. The lowest BCUT2D eigenvalue weighted by atomic mass is 10.2. The molecular formula is C14H16ClN5O2S. The average Bonchev–Trinajstić information content (AvgIpc) is 2.83. The fourth-order valence-corrected chi connectivity index (χ4v) is 4.25. The number of halogens is 1. The topological polar surface area (TPSA) is 96.9 Å². The third kappa shape index (κ3) is 3.89. The summed E-state index contributed by atoms with van der Waals surface area (Å²) < 4.78 is 23.0. The molecule has 2 aromatic rings. The van der Waals surface area contributed by atoms with E-state index in [-0.39, 0.29) is 17.5 Å². The fraction of sp³-hybridized carbons (Fsp3) is 0.357. The van der Waals surface area contributed by atoms with Crippen LogP contribution < -0.4 is 10.6 Å². The van der Waals surface area contributed by atoms with Crippen LogP contribution in [0.25, 0.3) is 0 Å². The molecule has 0 amide bonds. The average molecular weight is 354 g/mol. The molecule has 3 rings (SSSR count). The standard InChI is InChI=1S/C14H16ClN5O2S/c1-9-11(15)3-2-4-12(9)18-13-7-16-20-14(19-13)17-10-5-6-23(21,22)8-10/h2-4,7,10H,5-6,8H2,1H3,(H2,17,18,19,20). The van der Waals surface area contributed by atoms with Crippen LogP contribution >= 0.6 is 11.6 Å². The van der Waals surface area contributed by atoms with Gasteiger partial charge >= 0.3 is 0 Å². The molecular weight excluding hydrogens is 338 g/mol.